The van der Waals surface area contributed by atoms with E-state index >= 15 is 0 Å². The topological polar surface area (TPSA) is 46.3 Å². The molecule has 108 valence electrons. The lowest BCUT2D eigenvalue weighted by Gasteiger charge is -2.11. The minimum atomic E-state index is -0.119. The number of nitrogens with zero attached hydrogens (tertiary/aromatic N) is 1. The Hall–Kier alpha value is -0.300. The molecule has 1 aromatic carbocycles. The SMILES string of the molecule is Cl.NCCN1C(=O)/C(=C/c2ccc(Cl)c(Cl)c2)SC1=S. The van der Waals surface area contributed by atoms with Crippen molar-refractivity contribution in [2.75, 3.05) is 13.1 Å². The molecule has 1 aliphatic rings. The Kier molecular flexibility index (Phi) is 6.78. The second-order valence-electron chi connectivity index (χ2n) is 3.80. The highest BCUT2D eigenvalue weighted by atomic mass is 35.5. The van der Waals surface area contributed by atoms with E-state index < -0.39 is 0 Å². The molecule has 0 spiro atoms. The van der Waals surface area contributed by atoms with Gasteiger partial charge in [0.15, 0.2) is 0 Å². The van der Waals surface area contributed by atoms with Crippen LogP contribution in [0, 0.1) is 0 Å². The van der Waals surface area contributed by atoms with Crippen molar-refractivity contribution in [1.82, 2.24) is 4.90 Å². The fourth-order valence-corrected chi connectivity index (χ4v) is 3.19. The lowest BCUT2D eigenvalue weighted by Crippen LogP contribution is -2.32. The Balaban J connectivity index is 0.00000200. The maximum absolute atomic E-state index is 12.1. The molecular formula is C12H11Cl3N2OS2. The molecule has 0 radical (unpaired) electrons. The monoisotopic (exact) mass is 368 g/mol. The van der Waals surface area contributed by atoms with Gasteiger partial charge in [-0.05, 0) is 23.8 Å². The molecule has 0 aliphatic carbocycles. The minimum absolute atomic E-state index is 0. The zero-order valence-corrected chi connectivity index (χ0v) is 14.1. The molecule has 3 nitrogen and oxygen atoms in total. The first-order valence-corrected chi connectivity index (χ1v) is 7.41. The number of nitrogens with two attached hydrogens (primary N) is 1. The molecule has 20 heavy (non-hydrogen) atoms. The van der Waals surface area contributed by atoms with E-state index in [0.29, 0.717) is 32.4 Å². The van der Waals surface area contributed by atoms with Crippen LogP contribution in [-0.4, -0.2) is 28.2 Å². The number of amides is 1. The third-order valence-electron chi connectivity index (χ3n) is 2.47. The van der Waals surface area contributed by atoms with Crippen LogP contribution < -0.4 is 5.73 Å². The summed E-state index contributed by atoms with van der Waals surface area (Å²) < 4.78 is 0.529. The van der Waals surface area contributed by atoms with Gasteiger partial charge in [0, 0.05) is 13.1 Å². The number of hydrogen-bond acceptors (Lipinski definition) is 4. The van der Waals surface area contributed by atoms with Gasteiger partial charge in [0.1, 0.15) is 4.32 Å². The third kappa shape index (κ3) is 3.87. The van der Waals surface area contributed by atoms with Gasteiger partial charge in [-0.1, -0.05) is 53.2 Å². The van der Waals surface area contributed by atoms with Crippen molar-refractivity contribution in [3.8, 4) is 0 Å². The highest BCUT2D eigenvalue weighted by molar-refractivity contribution is 8.26. The van der Waals surface area contributed by atoms with Crippen molar-refractivity contribution in [3.63, 3.8) is 0 Å². The van der Waals surface area contributed by atoms with Gasteiger partial charge in [-0.25, -0.2) is 0 Å². The molecule has 1 aromatic rings. The van der Waals surface area contributed by atoms with Crippen molar-refractivity contribution >= 4 is 75.9 Å². The molecule has 1 fully saturated rings. The van der Waals surface area contributed by atoms with Crippen LogP contribution in [-0.2, 0) is 4.79 Å². The standard InChI is InChI=1S/C12H10Cl2N2OS2.ClH/c13-8-2-1-7(5-9(8)14)6-10-11(17)16(4-3-15)12(18)19-10;/h1-2,5-6H,3-4,15H2;1H/b10-6-;. The predicted molar refractivity (Wildman–Crippen MR) is 92.6 cm³/mol. The van der Waals surface area contributed by atoms with E-state index in [1.807, 2.05) is 0 Å². The Bertz CT molecular complexity index is 578. The molecule has 1 amide bonds. The lowest BCUT2D eigenvalue weighted by atomic mass is 10.2. The summed E-state index contributed by atoms with van der Waals surface area (Å²) in [6, 6.07) is 5.19. The Morgan fingerprint density at radius 3 is 2.65 bits per heavy atom. The molecular weight excluding hydrogens is 359 g/mol. The molecule has 0 saturated carbocycles. The van der Waals surface area contributed by atoms with Crippen LogP contribution in [0.25, 0.3) is 6.08 Å². The van der Waals surface area contributed by atoms with Crippen LogP contribution in [0.3, 0.4) is 0 Å². The summed E-state index contributed by atoms with van der Waals surface area (Å²) in [6.45, 7) is 0.815. The maximum atomic E-state index is 12.1. The van der Waals surface area contributed by atoms with Crippen LogP contribution in [0.5, 0.6) is 0 Å². The van der Waals surface area contributed by atoms with E-state index in [9.17, 15) is 4.79 Å². The normalized spacial score (nSPS) is 16.8. The Morgan fingerprint density at radius 1 is 1.35 bits per heavy atom. The minimum Gasteiger partial charge on any atom is -0.329 e. The summed E-state index contributed by atoms with van der Waals surface area (Å²) in [5.41, 5.74) is 6.26. The average molecular weight is 370 g/mol. The number of hydrogen-bond donors (Lipinski definition) is 1. The van der Waals surface area contributed by atoms with Crippen molar-refractivity contribution < 1.29 is 4.79 Å². The fourth-order valence-electron chi connectivity index (χ4n) is 1.58. The van der Waals surface area contributed by atoms with Gasteiger partial charge < -0.3 is 5.73 Å². The molecule has 0 aromatic heterocycles. The molecule has 0 bridgehead atoms. The lowest BCUT2D eigenvalue weighted by molar-refractivity contribution is -0.122. The average Bonchev–Trinajstić information content (AvgIpc) is 2.62. The molecule has 2 N–H and O–H groups in total. The predicted octanol–water partition coefficient (Wildman–Crippen LogP) is 3.58. The van der Waals surface area contributed by atoms with Gasteiger partial charge in [0.05, 0.1) is 15.0 Å². The van der Waals surface area contributed by atoms with Crippen LogP contribution >= 0.6 is 59.6 Å². The van der Waals surface area contributed by atoms with E-state index in [0.717, 1.165) is 5.56 Å². The second-order valence-corrected chi connectivity index (χ2v) is 6.29. The van der Waals surface area contributed by atoms with Crippen molar-refractivity contribution in [3.05, 3.63) is 38.7 Å². The number of carbonyl (C=O) groups is 1. The molecule has 2 rings (SSSR count). The Labute approximate surface area is 142 Å². The fraction of sp³-hybridized carbons (Fsp3) is 0.167. The van der Waals surface area contributed by atoms with E-state index in [4.69, 9.17) is 41.2 Å². The first-order chi connectivity index (χ1) is 9.02. The van der Waals surface area contributed by atoms with Crippen molar-refractivity contribution in [2.24, 2.45) is 5.73 Å². The third-order valence-corrected chi connectivity index (χ3v) is 4.58. The maximum Gasteiger partial charge on any atom is 0.266 e. The molecule has 1 heterocycles. The molecule has 0 atom stereocenters. The smallest absolute Gasteiger partial charge is 0.266 e. The zero-order valence-electron chi connectivity index (χ0n) is 10.1. The van der Waals surface area contributed by atoms with E-state index in [-0.39, 0.29) is 18.3 Å². The van der Waals surface area contributed by atoms with E-state index in [2.05, 4.69) is 0 Å². The number of carbonyl (C=O) groups excluding carboxylic acids is 1. The molecule has 0 unspecified atom stereocenters. The van der Waals surface area contributed by atoms with Gasteiger partial charge in [-0.15, -0.1) is 12.4 Å². The summed E-state index contributed by atoms with van der Waals surface area (Å²) >= 11 is 18.2. The van der Waals surface area contributed by atoms with Crippen molar-refractivity contribution in [1.29, 1.82) is 0 Å². The number of thiocarbonyl (C=S) groups is 1. The van der Waals surface area contributed by atoms with Gasteiger partial charge in [0.2, 0.25) is 0 Å². The van der Waals surface area contributed by atoms with E-state index in [1.165, 1.54) is 16.7 Å². The first kappa shape index (κ1) is 17.8. The van der Waals surface area contributed by atoms with Crippen LogP contribution in [0.2, 0.25) is 10.0 Å². The number of rotatable bonds is 3. The largest absolute Gasteiger partial charge is 0.329 e. The van der Waals surface area contributed by atoms with Crippen LogP contribution in [0.15, 0.2) is 23.1 Å². The summed E-state index contributed by atoms with van der Waals surface area (Å²) in [7, 11) is 0. The quantitative estimate of drug-likeness (QED) is 0.653. The second kappa shape index (κ2) is 7.64. The number of thioether (sulfide) groups is 1. The van der Waals surface area contributed by atoms with Crippen molar-refractivity contribution in [2.45, 2.75) is 0 Å². The summed E-state index contributed by atoms with van der Waals surface area (Å²) in [5.74, 6) is -0.119. The summed E-state index contributed by atoms with van der Waals surface area (Å²) in [6.07, 6.45) is 1.75. The molecule has 1 saturated heterocycles. The van der Waals surface area contributed by atoms with Gasteiger partial charge in [-0.3, -0.25) is 9.69 Å². The first-order valence-electron chi connectivity index (χ1n) is 5.43. The molecule has 1 aliphatic heterocycles. The number of benzene rings is 1. The zero-order chi connectivity index (χ0) is 14.0. The van der Waals surface area contributed by atoms with Gasteiger partial charge >= 0.3 is 0 Å². The molecule has 8 heteroatoms. The van der Waals surface area contributed by atoms with Gasteiger partial charge in [-0.2, -0.15) is 0 Å². The Morgan fingerprint density at radius 2 is 2.05 bits per heavy atom. The highest BCUT2D eigenvalue weighted by Crippen LogP contribution is 2.33. The van der Waals surface area contributed by atoms with Crippen LogP contribution in [0.1, 0.15) is 5.56 Å². The highest BCUT2D eigenvalue weighted by Gasteiger charge is 2.31. The van der Waals surface area contributed by atoms with E-state index in [1.54, 1.807) is 24.3 Å². The number of halogens is 3. The van der Waals surface area contributed by atoms with Gasteiger partial charge in [0.25, 0.3) is 5.91 Å². The summed E-state index contributed by atoms with van der Waals surface area (Å²) in [4.78, 5) is 14.2. The van der Waals surface area contributed by atoms with Crippen LogP contribution in [0.4, 0.5) is 0 Å². The summed E-state index contributed by atoms with van der Waals surface area (Å²) in [5, 5.41) is 0.933.